The third-order valence-electron chi connectivity index (χ3n) is 3.86. The van der Waals surface area contributed by atoms with Crippen molar-refractivity contribution in [1.82, 2.24) is 10.3 Å². The summed E-state index contributed by atoms with van der Waals surface area (Å²) in [6.07, 6.45) is 1.74. The summed E-state index contributed by atoms with van der Waals surface area (Å²) >= 11 is 5.92. The van der Waals surface area contributed by atoms with Gasteiger partial charge < -0.3 is 14.5 Å². The van der Waals surface area contributed by atoms with E-state index in [2.05, 4.69) is 17.2 Å². The number of oxazole rings is 1. The molecular weight excluding hydrogens is 324 g/mol. The molecule has 124 valence electrons. The Morgan fingerprint density at radius 2 is 1.83 bits per heavy atom. The standard InChI is InChI=1S/C19H19ClN2O2/c1-13(14-3-7-16(20)8-4-14)21-12-19-22-11-18(24-19)15-5-9-17(23-2)10-6-15/h3-11,13,21H,12H2,1-2H3. The molecule has 0 bridgehead atoms. The molecule has 0 aliphatic carbocycles. The van der Waals surface area contributed by atoms with E-state index in [-0.39, 0.29) is 6.04 Å². The molecule has 2 aromatic carbocycles. The molecule has 1 aromatic heterocycles. The van der Waals surface area contributed by atoms with E-state index in [4.69, 9.17) is 20.8 Å². The zero-order chi connectivity index (χ0) is 16.9. The van der Waals surface area contributed by atoms with E-state index in [0.717, 1.165) is 22.1 Å². The molecule has 1 N–H and O–H groups in total. The van der Waals surface area contributed by atoms with Gasteiger partial charge in [0.2, 0.25) is 5.89 Å². The summed E-state index contributed by atoms with van der Waals surface area (Å²) in [5, 5.41) is 4.14. The van der Waals surface area contributed by atoms with Crippen molar-refractivity contribution in [2.24, 2.45) is 0 Å². The Labute approximate surface area is 146 Å². The largest absolute Gasteiger partial charge is 0.497 e. The van der Waals surface area contributed by atoms with Crippen molar-refractivity contribution in [2.45, 2.75) is 19.5 Å². The first-order valence-corrected chi connectivity index (χ1v) is 8.11. The van der Waals surface area contributed by atoms with Crippen molar-refractivity contribution in [3.8, 4) is 17.1 Å². The summed E-state index contributed by atoms with van der Waals surface area (Å²) in [7, 11) is 1.65. The minimum atomic E-state index is 0.179. The summed E-state index contributed by atoms with van der Waals surface area (Å²) in [6.45, 7) is 2.65. The molecule has 4 nitrogen and oxygen atoms in total. The Balaban J connectivity index is 1.62. The van der Waals surface area contributed by atoms with Crippen molar-refractivity contribution in [3.63, 3.8) is 0 Å². The average molecular weight is 343 g/mol. The lowest BCUT2D eigenvalue weighted by atomic mass is 10.1. The van der Waals surface area contributed by atoms with Crippen molar-refractivity contribution in [3.05, 3.63) is 71.2 Å². The van der Waals surface area contributed by atoms with E-state index in [1.807, 2.05) is 48.5 Å². The average Bonchev–Trinajstić information content (AvgIpc) is 3.09. The van der Waals surface area contributed by atoms with Gasteiger partial charge in [0, 0.05) is 16.6 Å². The van der Waals surface area contributed by atoms with E-state index in [1.165, 1.54) is 5.56 Å². The number of benzene rings is 2. The molecule has 0 fully saturated rings. The lowest BCUT2D eigenvalue weighted by molar-refractivity contribution is 0.414. The molecule has 1 atom stereocenters. The van der Waals surface area contributed by atoms with Gasteiger partial charge in [-0.2, -0.15) is 0 Å². The number of rotatable bonds is 6. The van der Waals surface area contributed by atoms with Crippen LogP contribution in [0.4, 0.5) is 0 Å². The second-order valence-corrected chi connectivity index (χ2v) is 5.94. The van der Waals surface area contributed by atoms with Crippen LogP contribution in [0.15, 0.2) is 59.1 Å². The van der Waals surface area contributed by atoms with E-state index in [9.17, 15) is 0 Å². The van der Waals surface area contributed by atoms with E-state index < -0.39 is 0 Å². The number of nitrogens with one attached hydrogen (secondary N) is 1. The minimum absolute atomic E-state index is 0.179. The Kier molecular flexibility index (Phi) is 5.18. The van der Waals surface area contributed by atoms with Crippen LogP contribution in [0, 0.1) is 0 Å². The van der Waals surface area contributed by atoms with Gasteiger partial charge in [0.25, 0.3) is 0 Å². The molecule has 5 heteroatoms. The molecule has 0 saturated heterocycles. The van der Waals surface area contributed by atoms with Crippen LogP contribution in [0.1, 0.15) is 24.4 Å². The number of methoxy groups -OCH3 is 1. The maximum absolute atomic E-state index is 5.92. The van der Waals surface area contributed by atoms with Gasteiger partial charge in [-0.15, -0.1) is 0 Å². The smallest absolute Gasteiger partial charge is 0.208 e. The molecule has 1 unspecified atom stereocenters. The van der Waals surface area contributed by atoms with Gasteiger partial charge in [0.15, 0.2) is 5.76 Å². The van der Waals surface area contributed by atoms with Gasteiger partial charge in [-0.3, -0.25) is 0 Å². The number of nitrogens with zero attached hydrogens (tertiary/aromatic N) is 1. The first-order valence-electron chi connectivity index (χ1n) is 7.73. The summed E-state index contributed by atoms with van der Waals surface area (Å²) in [4.78, 5) is 4.33. The zero-order valence-corrected chi connectivity index (χ0v) is 14.4. The quantitative estimate of drug-likeness (QED) is 0.695. The van der Waals surface area contributed by atoms with Crippen molar-refractivity contribution >= 4 is 11.6 Å². The van der Waals surface area contributed by atoms with Crippen LogP contribution in [-0.2, 0) is 6.54 Å². The van der Waals surface area contributed by atoms with E-state index in [0.29, 0.717) is 12.4 Å². The van der Waals surface area contributed by atoms with Crippen molar-refractivity contribution in [1.29, 1.82) is 0 Å². The third-order valence-corrected chi connectivity index (χ3v) is 4.11. The van der Waals surface area contributed by atoms with Gasteiger partial charge in [-0.25, -0.2) is 4.98 Å². The molecule has 0 amide bonds. The molecule has 0 aliphatic heterocycles. The maximum Gasteiger partial charge on any atom is 0.208 e. The summed E-state index contributed by atoms with van der Waals surface area (Å²) in [5.41, 5.74) is 2.14. The number of hydrogen-bond acceptors (Lipinski definition) is 4. The van der Waals surface area contributed by atoms with Crippen LogP contribution >= 0.6 is 11.6 Å². The fourth-order valence-corrected chi connectivity index (χ4v) is 2.52. The van der Waals surface area contributed by atoms with Gasteiger partial charge >= 0.3 is 0 Å². The van der Waals surface area contributed by atoms with Crippen molar-refractivity contribution < 1.29 is 9.15 Å². The van der Waals surface area contributed by atoms with Gasteiger partial charge in [0.1, 0.15) is 5.75 Å². The predicted octanol–water partition coefficient (Wildman–Crippen LogP) is 4.85. The number of ether oxygens (including phenoxy) is 1. The molecule has 1 heterocycles. The molecule has 3 rings (SSSR count). The Morgan fingerprint density at radius 3 is 2.50 bits per heavy atom. The first kappa shape index (κ1) is 16.6. The first-order chi connectivity index (χ1) is 11.7. The summed E-state index contributed by atoms with van der Waals surface area (Å²) in [6, 6.07) is 15.7. The fraction of sp³-hybridized carbons (Fsp3) is 0.211. The molecule has 24 heavy (non-hydrogen) atoms. The molecular formula is C19H19ClN2O2. The second kappa shape index (κ2) is 7.51. The lowest BCUT2D eigenvalue weighted by Crippen LogP contribution is -2.18. The predicted molar refractivity (Wildman–Crippen MR) is 95.2 cm³/mol. The third kappa shape index (κ3) is 3.96. The molecule has 0 aliphatic rings. The highest BCUT2D eigenvalue weighted by molar-refractivity contribution is 6.30. The number of aromatic nitrogens is 1. The van der Waals surface area contributed by atoms with Crippen LogP contribution in [0.5, 0.6) is 5.75 Å². The van der Waals surface area contributed by atoms with E-state index >= 15 is 0 Å². The molecule has 0 radical (unpaired) electrons. The lowest BCUT2D eigenvalue weighted by Gasteiger charge is -2.12. The molecule has 3 aromatic rings. The van der Waals surface area contributed by atoms with Crippen LogP contribution in [0.25, 0.3) is 11.3 Å². The Hall–Kier alpha value is -2.30. The monoisotopic (exact) mass is 342 g/mol. The number of hydrogen-bond donors (Lipinski definition) is 1. The topological polar surface area (TPSA) is 47.3 Å². The SMILES string of the molecule is COc1ccc(-c2cnc(CNC(C)c3ccc(Cl)cc3)o2)cc1. The van der Waals surface area contributed by atoms with Crippen molar-refractivity contribution in [2.75, 3.05) is 7.11 Å². The fourth-order valence-electron chi connectivity index (χ4n) is 2.39. The molecule has 0 spiro atoms. The molecule has 0 saturated carbocycles. The van der Waals surface area contributed by atoms with Gasteiger partial charge in [-0.05, 0) is 48.9 Å². The van der Waals surface area contributed by atoms with Gasteiger partial charge in [-0.1, -0.05) is 23.7 Å². The van der Waals surface area contributed by atoms with Crippen LogP contribution in [0.2, 0.25) is 5.02 Å². The van der Waals surface area contributed by atoms with Crippen LogP contribution in [-0.4, -0.2) is 12.1 Å². The normalized spacial score (nSPS) is 12.1. The highest BCUT2D eigenvalue weighted by atomic mass is 35.5. The van der Waals surface area contributed by atoms with Crippen LogP contribution < -0.4 is 10.1 Å². The zero-order valence-electron chi connectivity index (χ0n) is 13.6. The highest BCUT2D eigenvalue weighted by Gasteiger charge is 2.09. The Morgan fingerprint density at radius 1 is 1.12 bits per heavy atom. The summed E-state index contributed by atoms with van der Waals surface area (Å²) < 4.78 is 11.0. The van der Waals surface area contributed by atoms with E-state index in [1.54, 1.807) is 13.3 Å². The maximum atomic E-state index is 5.92. The van der Waals surface area contributed by atoms with Gasteiger partial charge in [0.05, 0.1) is 19.9 Å². The number of halogens is 1. The van der Waals surface area contributed by atoms with Crippen LogP contribution in [0.3, 0.4) is 0 Å². The second-order valence-electron chi connectivity index (χ2n) is 5.50. The summed E-state index contributed by atoms with van der Waals surface area (Å²) in [5.74, 6) is 2.21. The minimum Gasteiger partial charge on any atom is -0.497 e. The highest BCUT2D eigenvalue weighted by Crippen LogP contribution is 2.23. The Bertz CT molecular complexity index is 782.